The second-order valence-electron chi connectivity index (χ2n) is 4.05. The summed E-state index contributed by atoms with van der Waals surface area (Å²) in [7, 11) is 3.56. The van der Waals surface area contributed by atoms with Crippen LogP contribution in [-0.4, -0.2) is 24.4 Å². The Morgan fingerprint density at radius 2 is 1.84 bits per heavy atom. The Kier molecular flexibility index (Phi) is 4.45. The van der Waals surface area contributed by atoms with Crippen molar-refractivity contribution in [3.63, 3.8) is 0 Å². The predicted octanol–water partition coefficient (Wildman–Crippen LogP) is 3.43. The fourth-order valence-corrected chi connectivity index (χ4v) is 2.08. The quantitative estimate of drug-likeness (QED) is 0.867. The van der Waals surface area contributed by atoms with E-state index in [2.05, 4.69) is 10.2 Å². The molecule has 0 amide bonds. The monoisotopic (exact) mass is 297 g/mol. The van der Waals surface area contributed by atoms with Crippen molar-refractivity contribution in [2.75, 3.05) is 19.1 Å². The number of methoxy groups -OCH3 is 1. The maximum Gasteiger partial charge on any atom is 0.175 e. The molecule has 1 aromatic heterocycles. The summed E-state index contributed by atoms with van der Waals surface area (Å²) >= 11 is 11.8. The predicted molar refractivity (Wildman–Crippen MR) is 77.2 cm³/mol. The number of aromatic nitrogens is 2. The Morgan fingerprint density at radius 3 is 2.47 bits per heavy atom. The number of benzene rings is 1. The minimum Gasteiger partial charge on any atom is -0.497 e. The van der Waals surface area contributed by atoms with Crippen molar-refractivity contribution in [1.82, 2.24) is 10.2 Å². The molecular weight excluding hydrogens is 285 g/mol. The minimum atomic E-state index is 0.320. The summed E-state index contributed by atoms with van der Waals surface area (Å²) in [6.07, 6.45) is 0. The fraction of sp³-hybridized carbons (Fsp3) is 0.231. The molecule has 0 atom stereocenters. The summed E-state index contributed by atoms with van der Waals surface area (Å²) in [5.74, 6) is 0.832. The molecule has 2 rings (SSSR count). The zero-order valence-electron chi connectivity index (χ0n) is 10.6. The summed E-state index contributed by atoms with van der Waals surface area (Å²) in [4.78, 5) is 1.96. The normalized spacial score (nSPS) is 10.3. The zero-order chi connectivity index (χ0) is 13.8. The first-order chi connectivity index (χ1) is 9.10. The molecule has 1 heterocycles. The van der Waals surface area contributed by atoms with Gasteiger partial charge in [0.05, 0.1) is 12.8 Å². The Balaban J connectivity index is 2.15. The molecule has 0 unspecified atom stereocenters. The van der Waals surface area contributed by atoms with Gasteiger partial charge in [-0.1, -0.05) is 35.3 Å². The molecule has 0 aliphatic carbocycles. The van der Waals surface area contributed by atoms with E-state index in [1.54, 1.807) is 13.2 Å². The van der Waals surface area contributed by atoms with Gasteiger partial charge in [0, 0.05) is 19.7 Å². The molecule has 2 aromatic rings. The average molecular weight is 298 g/mol. The second kappa shape index (κ2) is 6.08. The molecule has 0 spiro atoms. The Labute approximate surface area is 121 Å². The van der Waals surface area contributed by atoms with Crippen LogP contribution in [0.25, 0.3) is 0 Å². The molecule has 19 heavy (non-hydrogen) atoms. The molecule has 0 saturated carbocycles. The molecule has 0 saturated heterocycles. The van der Waals surface area contributed by atoms with Crippen LogP contribution >= 0.6 is 23.2 Å². The summed E-state index contributed by atoms with van der Waals surface area (Å²) in [5, 5.41) is 8.14. The molecule has 100 valence electrons. The molecule has 0 fully saturated rings. The summed E-state index contributed by atoms with van der Waals surface area (Å²) < 4.78 is 5.12. The first-order valence-electron chi connectivity index (χ1n) is 5.63. The summed E-state index contributed by atoms with van der Waals surface area (Å²) in [5.41, 5.74) is 1.88. The van der Waals surface area contributed by atoms with Gasteiger partial charge in [-0.25, -0.2) is 0 Å². The number of halogens is 2. The van der Waals surface area contributed by atoms with Gasteiger partial charge in [-0.3, -0.25) is 0 Å². The van der Waals surface area contributed by atoms with Crippen molar-refractivity contribution in [2.45, 2.75) is 6.54 Å². The smallest absolute Gasteiger partial charge is 0.175 e. The van der Waals surface area contributed by atoms with E-state index < -0.39 is 0 Å². The Hall–Kier alpha value is -1.52. The lowest BCUT2D eigenvalue weighted by atomic mass is 10.2. The third-order valence-electron chi connectivity index (χ3n) is 2.69. The number of rotatable bonds is 4. The SMILES string of the molecule is COc1ccc(CN(C)c2cc(Cl)nnc2Cl)cc1. The lowest BCUT2D eigenvalue weighted by Gasteiger charge is -2.20. The molecule has 0 aliphatic heterocycles. The first kappa shape index (κ1) is 13.9. The zero-order valence-corrected chi connectivity index (χ0v) is 12.1. The van der Waals surface area contributed by atoms with E-state index in [0.717, 1.165) is 17.0 Å². The fourth-order valence-electron chi connectivity index (χ4n) is 1.70. The first-order valence-corrected chi connectivity index (χ1v) is 6.38. The highest BCUT2D eigenvalue weighted by molar-refractivity contribution is 6.33. The second-order valence-corrected chi connectivity index (χ2v) is 4.79. The van der Waals surface area contributed by atoms with E-state index in [9.17, 15) is 0 Å². The van der Waals surface area contributed by atoms with E-state index >= 15 is 0 Å². The van der Waals surface area contributed by atoms with Crippen molar-refractivity contribution in [3.8, 4) is 5.75 Å². The van der Waals surface area contributed by atoms with Crippen molar-refractivity contribution in [2.24, 2.45) is 0 Å². The Bertz CT molecular complexity index is 560. The van der Waals surface area contributed by atoms with Crippen LogP contribution in [0, 0.1) is 0 Å². The van der Waals surface area contributed by atoms with Gasteiger partial charge in [-0.05, 0) is 17.7 Å². The molecular formula is C13H13Cl2N3O. The van der Waals surface area contributed by atoms with Crippen LogP contribution in [0.15, 0.2) is 30.3 Å². The van der Waals surface area contributed by atoms with E-state index in [1.165, 1.54) is 0 Å². The van der Waals surface area contributed by atoms with Crippen LogP contribution in [0.1, 0.15) is 5.56 Å². The highest BCUT2D eigenvalue weighted by Crippen LogP contribution is 2.25. The molecule has 0 radical (unpaired) electrons. The summed E-state index contributed by atoms with van der Waals surface area (Å²) in [6, 6.07) is 9.53. The summed E-state index contributed by atoms with van der Waals surface area (Å²) in [6.45, 7) is 0.686. The van der Waals surface area contributed by atoms with Gasteiger partial charge >= 0.3 is 0 Å². The average Bonchev–Trinajstić information content (AvgIpc) is 2.42. The van der Waals surface area contributed by atoms with Gasteiger partial charge in [0.15, 0.2) is 10.3 Å². The van der Waals surface area contributed by atoms with E-state index in [4.69, 9.17) is 27.9 Å². The van der Waals surface area contributed by atoms with E-state index in [0.29, 0.717) is 16.9 Å². The van der Waals surface area contributed by atoms with Gasteiger partial charge in [0.1, 0.15) is 5.75 Å². The van der Waals surface area contributed by atoms with Gasteiger partial charge < -0.3 is 9.64 Å². The lowest BCUT2D eigenvalue weighted by molar-refractivity contribution is 0.414. The van der Waals surface area contributed by atoms with Crippen LogP contribution in [-0.2, 0) is 6.54 Å². The number of hydrogen-bond donors (Lipinski definition) is 0. The number of hydrogen-bond acceptors (Lipinski definition) is 4. The third-order valence-corrected chi connectivity index (χ3v) is 3.14. The highest BCUT2D eigenvalue weighted by Gasteiger charge is 2.09. The van der Waals surface area contributed by atoms with Gasteiger partial charge in [-0.15, -0.1) is 10.2 Å². The molecule has 0 bridgehead atoms. The van der Waals surface area contributed by atoms with Crippen LogP contribution in [0.2, 0.25) is 10.3 Å². The van der Waals surface area contributed by atoms with Crippen LogP contribution in [0.4, 0.5) is 5.69 Å². The van der Waals surface area contributed by atoms with Crippen LogP contribution < -0.4 is 9.64 Å². The molecule has 4 nitrogen and oxygen atoms in total. The maximum atomic E-state index is 6.01. The largest absolute Gasteiger partial charge is 0.497 e. The van der Waals surface area contributed by atoms with E-state index in [-0.39, 0.29) is 0 Å². The maximum absolute atomic E-state index is 6.01. The van der Waals surface area contributed by atoms with Crippen molar-refractivity contribution >= 4 is 28.9 Å². The Morgan fingerprint density at radius 1 is 1.16 bits per heavy atom. The van der Waals surface area contributed by atoms with Gasteiger partial charge in [0.25, 0.3) is 0 Å². The lowest BCUT2D eigenvalue weighted by Crippen LogP contribution is -2.17. The standard InChI is InChI=1S/C13H13Cl2N3O/c1-18(11-7-12(14)16-17-13(11)15)8-9-3-5-10(19-2)6-4-9/h3-7H,8H2,1-2H3. The van der Waals surface area contributed by atoms with E-state index in [1.807, 2.05) is 36.2 Å². The molecule has 1 aromatic carbocycles. The number of ether oxygens (including phenoxy) is 1. The molecule has 0 aliphatic rings. The molecule has 6 heteroatoms. The van der Waals surface area contributed by atoms with Gasteiger partial charge in [-0.2, -0.15) is 0 Å². The number of nitrogens with zero attached hydrogens (tertiary/aromatic N) is 3. The molecule has 0 N–H and O–H groups in total. The van der Waals surface area contributed by atoms with Crippen LogP contribution in [0.3, 0.4) is 0 Å². The van der Waals surface area contributed by atoms with Crippen molar-refractivity contribution in [3.05, 3.63) is 46.2 Å². The minimum absolute atomic E-state index is 0.320. The third kappa shape index (κ3) is 3.49. The topological polar surface area (TPSA) is 38.2 Å². The van der Waals surface area contributed by atoms with Crippen LogP contribution in [0.5, 0.6) is 5.75 Å². The van der Waals surface area contributed by atoms with Crippen molar-refractivity contribution < 1.29 is 4.74 Å². The number of anilines is 1. The van der Waals surface area contributed by atoms with Gasteiger partial charge in [0.2, 0.25) is 0 Å². The highest BCUT2D eigenvalue weighted by atomic mass is 35.5. The van der Waals surface area contributed by atoms with Crippen molar-refractivity contribution in [1.29, 1.82) is 0 Å².